The Morgan fingerprint density at radius 1 is 1.42 bits per heavy atom. The standard InChI is InChI=1S/C24H24N6O3/c1-26-12-20(11-25)30-7-5-23(31)22(29-30)10-17-3-2-4-19(9-17)24-27-13-21(14-28-24)33-16-18-6-8-32-15-18/h3,5,7,9,11-14,18H,6,8,10,15-16,25H2,1H3/b20-11+,26-12?. The van der Waals surface area contributed by atoms with Crippen molar-refractivity contribution in [2.75, 3.05) is 26.9 Å². The van der Waals surface area contributed by atoms with Crippen LogP contribution in [-0.4, -0.2) is 52.8 Å². The molecule has 1 aliphatic carbocycles. The molecule has 4 rings (SSSR count). The lowest BCUT2D eigenvalue weighted by Gasteiger charge is -2.10. The number of allylic oxidation sites excluding steroid dienone is 5. The maximum absolute atomic E-state index is 12.4. The number of aromatic nitrogens is 4. The molecule has 168 valence electrons. The predicted molar refractivity (Wildman–Crippen MR) is 125 cm³/mol. The maximum Gasteiger partial charge on any atom is 0.203 e. The molecule has 2 aromatic heterocycles. The van der Waals surface area contributed by atoms with Crippen LogP contribution in [0.4, 0.5) is 0 Å². The fourth-order valence-electron chi connectivity index (χ4n) is 3.37. The SMILES string of the molecule is CN=C/C(=C\N)n1ccc(=O)c(CC2=CC(c3ncc(OCC4CCOC4)cn3)=C=C=C2)n1. The molecule has 1 saturated heterocycles. The summed E-state index contributed by atoms with van der Waals surface area (Å²) in [6, 6.07) is 1.45. The van der Waals surface area contributed by atoms with E-state index in [0.717, 1.165) is 25.2 Å². The van der Waals surface area contributed by atoms with Crippen molar-refractivity contribution < 1.29 is 9.47 Å². The predicted octanol–water partition coefficient (Wildman–Crippen LogP) is 1.78. The molecule has 0 saturated carbocycles. The van der Waals surface area contributed by atoms with E-state index < -0.39 is 0 Å². The second-order valence-corrected chi connectivity index (χ2v) is 7.56. The van der Waals surface area contributed by atoms with Crippen molar-refractivity contribution in [3.8, 4) is 5.75 Å². The number of nitrogens with zero attached hydrogens (tertiary/aromatic N) is 5. The van der Waals surface area contributed by atoms with Crippen molar-refractivity contribution in [2.45, 2.75) is 12.8 Å². The average molecular weight is 444 g/mol. The topological polar surface area (TPSA) is 118 Å². The number of rotatable bonds is 8. The summed E-state index contributed by atoms with van der Waals surface area (Å²) < 4.78 is 12.6. The number of nitrogens with two attached hydrogens (primary N) is 1. The molecule has 3 heterocycles. The van der Waals surface area contributed by atoms with Crippen LogP contribution in [0.1, 0.15) is 17.9 Å². The van der Waals surface area contributed by atoms with E-state index in [9.17, 15) is 4.79 Å². The smallest absolute Gasteiger partial charge is 0.203 e. The zero-order valence-corrected chi connectivity index (χ0v) is 18.3. The van der Waals surface area contributed by atoms with Crippen LogP contribution in [0.15, 0.2) is 69.8 Å². The third-order valence-electron chi connectivity index (χ3n) is 5.12. The monoisotopic (exact) mass is 444 g/mol. The van der Waals surface area contributed by atoms with E-state index >= 15 is 0 Å². The van der Waals surface area contributed by atoms with Crippen molar-refractivity contribution in [1.82, 2.24) is 19.7 Å². The average Bonchev–Trinajstić information content (AvgIpc) is 3.37. The minimum absolute atomic E-state index is 0.171. The molecular formula is C24H24N6O3. The van der Waals surface area contributed by atoms with Crippen LogP contribution in [0.3, 0.4) is 0 Å². The van der Waals surface area contributed by atoms with Gasteiger partial charge in [-0.2, -0.15) is 5.10 Å². The van der Waals surface area contributed by atoms with Crippen LogP contribution in [-0.2, 0) is 11.2 Å². The third kappa shape index (κ3) is 5.61. The number of hydrogen-bond acceptors (Lipinski definition) is 8. The Bertz CT molecular complexity index is 1250. The van der Waals surface area contributed by atoms with Gasteiger partial charge in [0.05, 0.1) is 36.9 Å². The van der Waals surface area contributed by atoms with Crippen molar-refractivity contribution in [2.24, 2.45) is 16.6 Å². The summed E-state index contributed by atoms with van der Waals surface area (Å²) in [5.41, 5.74) is 13.9. The fraction of sp³-hybridized carbons (Fsp3) is 0.292. The summed E-state index contributed by atoms with van der Waals surface area (Å²) >= 11 is 0. The molecule has 2 N–H and O–H groups in total. The first-order valence-electron chi connectivity index (χ1n) is 10.5. The Morgan fingerprint density at radius 2 is 2.27 bits per heavy atom. The second-order valence-electron chi connectivity index (χ2n) is 7.56. The molecule has 0 radical (unpaired) electrons. The Labute approximate surface area is 191 Å². The normalized spacial score (nSPS) is 18.0. The first-order chi connectivity index (χ1) is 16.2. The Kier molecular flexibility index (Phi) is 7.07. The lowest BCUT2D eigenvalue weighted by atomic mass is 10.0. The summed E-state index contributed by atoms with van der Waals surface area (Å²) in [6.07, 6.45) is 12.7. The molecule has 9 heteroatoms. The van der Waals surface area contributed by atoms with Gasteiger partial charge in [0, 0.05) is 50.7 Å². The molecule has 1 aliphatic heterocycles. The van der Waals surface area contributed by atoms with Crippen LogP contribution in [0.25, 0.3) is 11.3 Å². The fourth-order valence-corrected chi connectivity index (χ4v) is 3.37. The van der Waals surface area contributed by atoms with Gasteiger partial charge in [-0.3, -0.25) is 9.79 Å². The van der Waals surface area contributed by atoms with E-state index in [0.29, 0.717) is 47.5 Å². The van der Waals surface area contributed by atoms with Gasteiger partial charge in [0.2, 0.25) is 5.43 Å². The van der Waals surface area contributed by atoms with Gasteiger partial charge in [-0.15, -0.1) is 0 Å². The van der Waals surface area contributed by atoms with Crippen molar-refractivity contribution in [1.29, 1.82) is 0 Å². The van der Waals surface area contributed by atoms with Gasteiger partial charge in [0.25, 0.3) is 0 Å². The summed E-state index contributed by atoms with van der Waals surface area (Å²) in [5, 5.41) is 4.41. The molecule has 0 bridgehead atoms. The Hall–Kier alpha value is -4.03. The number of ether oxygens (including phenoxy) is 2. The van der Waals surface area contributed by atoms with Gasteiger partial charge < -0.3 is 15.2 Å². The van der Waals surface area contributed by atoms with Crippen LogP contribution in [0, 0.1) is 5.92 Å². The molecule has 2 aliphatic rings. The van der Waals surface area contributed by atoms with Gasteiger partial charge in [0.1, 0.15) is 5.69 Å². The van der Waals surface area contributed by atoms with Crippen LogP contribution >= 0.6 is 0 Å². The maximum atomic E-state index is 12.4. The second kappa shape index (κ2) is 10.5. The van der Waals surface area contributed by atoms with E-state index in [-0.39, 0.29) is 5.43 Å². The van der Waals surface area contributed by atoms with Gasteiger partial charge in [-0.25, -0.2) is 14.6 Å². The lowest BCUT2D eigenvalue weighted by molar-refractivity contribution is 0.167. The highest BCUT2D eigenvalue weighted by atomic mass is 16.5. The minimum atomic E-state index is -0.171. The third-order valence-corrected chi connectivity index (χ3v) is 5.12. The highest BCUT2D eigenvalue weighted by Crippen LogP contribution is 2.20. The van der Waals surface area contributed by atoms with Crippen molar-refractivity contribution >= 4 is 17.5 Å². The van der Waals surface area contributed by atoms with Crippen LogP contribution in [0.5, 0.6) is 5.75 Å². The largest absolute Gasteiger partial charge is 0.490 e. The van der Waals surface area contributed by atoms with E-state index in [1.807, 2.05) is 6.08 Å². The molecule has 0 aromatic carbocycles. The highest BCUT2D eigenvalue weighted by molar-refractivity contribution is 6.01. The first-order valence-corrected chi connectivity index (χ1v) is 10.5. The molecule has 0 amide bonds. The molecule has 1 fully saturated rings. The van der Waals surface area contributed by atoms with E-state index in [1.54, 1.807) is 37.9 Å². The van der Waals surface area contributed by atoms with Crippen LogP contribution in [0.2, 0.25) is 0 Å². The molecule has 1 atom stereocenters. The van der Waals surface area contributed by atoms with E-state index in [1.165, 1.54) is 16.9 Å². The van der Waals surface area contributed by atoms with Gasteiger partial charge in [-0.1, -0.05) is 11.5 Å². The molecule has 9 nitrogen and oxygen atoms in total. The zero-order chi connectivity index (χ0) is 23.0. The van der Waals surface area contributed by atoms with Gasteiger partial charge in [0.15, 0.2) is 11.6 Å². The Balaban J connectivity index is 1.47. The summed E-state index contributed by atoms with van der Waals surface area (Å²) in [4.78, 5) is 25.1. The van der Waals surface area contributed by atoms with Gasteiger partial charge in [-0.05, 0) is 24.1 Å². The highest BCUT2D eigenvalue weighted by Gasteiger charge is 2.16. The number of hydrogen-bond donors (Lipinski definition) is 1. The molecule has 2 aromatic rings. The van der Waals surface area contributed by atoms with Crippen molar-refractivity contribution in [3.05, 3.63) is 81.8 Å². The molecule has 0 spiro atoms. The zero-order valence-electron chi connectivity index (χ0n) is 18.3. The molecule has 1 unspecified atom stereocenters. The Morgan fingerprint density at radius 3 is 3.00 bits per heavy atom. The first kappa shape index (κ1) is 22.2. The summed E-state index contributed by atoms with van der Waals surface area (Å²) in [7, 11) is 1.64. The summed E-state index contributed by atoms with van der Waals surface area (Å²) in [5.74, 6) is 1.51. The van der Waals surface area contributed by atoms with E-state index in [2.05, 4.69) is 31.5 Å². The summed E-state index contributed by atoms with van der Waals surface area (Å²) in [6.45, 7) is 2.11. The minimum Gasteiger partial charge on any atom is -0.490 e. The van der Waals surface area contributed by atoms with Crippen LogP contribution < -0.4 is 15.9 Å². The molecule has 33 heavy (non-hydrogen) atoms. The van der Waals surface area contributed by atoms with Gasteiger partial charge >= 0.3 is 0 Å². The van der Waals surface area contributed by atoms with E-state index in [4.69, 9.17) is 15.2 Å². The number of aliphatic imine (C=N–C) groups is 1. The quantitative estimate of drug-likeness (QED) is 0.487. The molecular weight excluding hydrogens is 420 g/mol. The lowest BCUT2D eigenvalue weighted by Crippen LogP contribution is -2.18. The van der Waals surface area contributed by atoms with Crippen molar-refractivity contribution in [3.63, 3.8) is 0 Å².